The summed E-state index contributed by atoms with van der Waals surface area (Å²) >= 11 is 0. The average molecular weight is 244 g/mol. The van der Waals surface area contributed by atoms with Gasteiger partial charge in [-0.15, -0.1) is 0 Å². The van der Waals surface area contributed by atoms with Gasteiger partial charge in [-0.05, 0) is 31.2 Å². The maximum atomic E-state index is 11.5. The molecule has 1 rings (SSSR count). The van der Waals surface area contributed by atoms with E-state index in [0.29, 0.717) is 18.0 Å². The number of sulfonamides is 1. The first-order valence-electron chi connectivity index (χ1n) is 4.97. The molecule has 0 spiro atoms. The molecule has 0 bridgehead atoms. The van der Waals surface area contributed by atoms with Crippen molar-refractivity contribution in [2.45, 2.75) is 6.92 Å². The van der Waals surface area contributed by atoms with Crippen LogP contribution in [0.15, 0.2) is 24.3 Å². The highest BCUT2D eigenvalue weighted by Crippen LogP contribution is 2.12. The maximum Gasteiger partial charge on any atom is 0.234 e. The second-order valence-corrected chi connectivity index (χ2v) is 5.08. The molecule has 0 unspecified atom stereocenters. The van der Waals surface area contributed by atoms with Gasteiger partial charge < -0.3 is 10.5 Å². The highest BCUT2D eigenvalue weighted by atomic mass is 32.2. The first-order valence-corrected chi connectivity index (χ1v) is 6.62. The Bertz CT molecular complexity index is 414. The van der Waals surface area contributed by atoms with Crippen LogP contribution < -0.4 is 10.5 Å². The molecular weight excluding hydrogens is 228 g/mol. The van der Waals surface area contributed by atoms with E-state index in [9.17, 15) is 8.42 Å². The number of nitrogens with two attached hydrogens (primary N) is 1. The molecule has 0 aliphatic carbocycles. The molecule has 0 saturated heterocycles. The van der Waals surface area contributed by atoms with Gasteiger partial charge in [0.1, 0.15) is 0 Å². The lowest BCUT2D eigenvalue weighted by molar-refractivity contribution is 0.163. The lowest BCUT2D eigenvalue weighted by Crippen LogP contribution is -2.20. The van der Waals surface area contributed by atoms with Crippen LogP contribution in [-0.2, 0) is 14.8 Å². The normalized spacial score (nSPS) is 11.3. The van der Waals surface area contributed by atoms with Crippen LogP contribution in [0.25, 0.3) is 0 Å². The number of benzene rings is 1. The van der Waals surface area contributed by atoms with E-state index in [4.69, 9.17) is 10.5 Å². The second-order valence-electron chi connectivity index (χ2n) is 3.24. The molecule has 0 amide bonds. The van der Waals surface area contributed by atoms with Crippen LogP contribution in [0.5, 0.6) is 0 Å². The molecule has 16 heavy (non-hydrogen) atoms. The van der Waals surface area contributed by atoms with Crippen molar-refractivity contribution in [2.24, 2.45) is 0 Å². The summed E-state index contributed by atoms with van der Waals surface area (Å²) in [5.41, 5.74) is 6.59. The number of nitrogens with one attached hydrogen (secondary N) is 1. The molecule has 0 radical (unpaired) electrons. The fourth-order valence-electron chi connectivity index (χ4n) is 1.09. The molecular formula is C10H16N2O3S. The van der Waals surface area contributed by atoms with Crippen molar-refractivity contribution in [2.75, 3.05) is 29.4 Å². The molecule has 0 aromatic heterocycles. The third-order valence-electron chi connectivity index (χ3n) is 1.88. The monoisotopic (exact) mass is 244 g/mol. The summed E-state index contributed by atoms with van der Waals surface area (Å²) in [4.78, 5) is 0. The van der Waals surface area contributed by atoms with E-state index in [2.05, 4.69) is 4.72 Å². The minimum atomic E-state index is -3.34. The summed E-state index contributed by atoms with van der Waals surface area (Å²) < 4.78 is 30.5. The fourth-order valence-corrected chi connectivity index (χ4v) is 2.03. The van der Waals surface area contributed by atoms with Gasteiger partial charge in [-0.25, -0.2) is 8.42 Å². The highest BCUT2D eigenvalue weighted by molar-refractivity contribution is 7.92. The molecule has 0 heterocycles. The Morgan fingerprint density at radius 2 is 1.94 bits per heavy atom. The van der Waals surface area contributed by atoms with Gasteiger partial charge in [-0.3, -0.25) is 4.72 Å². The molecule has 0 aliphatic rings. The van der Waals surface area contributed by atoms with E-state index in [1.807, 2.05) is 6.92 Å². The Morgan fingerprint density at radius 1 is 1.31 bits per heavy atom. The maximum absolute atomic E-state index is 11.5. The third-order valence-corrected chi connectivity index (χ3v) is 3.14. The largest absolute Gasteiger partial charge is 0.399 e. The molecule has 6 heteroatoms. The number of nitrogen functional groups attached to an aromatic ring is 1. The van der Waals surface area contributed by atoms with Crippen molar-refractivity contribution in [1.29, 1.82) is 0 Å². The van der Waals surface area contributed by atoms with Crippen molar-refractivity contribution < 1.29 is 13.2 Å². The van der Waals surface area contributed by atoms with Gasteiger partial charge in [0, 0.05) is 18.0 Å². The SMILES string of the molecule is CCOCCS(=O)(=O)Nc1ccc(N)cc1. The topological polar surface area (TPSA) is 81.4 Å². The van der Waals surface area contributed by atoms with Crippen LogP contribution in [0.2, 0.25) is 0 Å². The predicted molar refractivity (Wildman–Crippen MR) is 64.8 cm³/mol. The number of hydrogen-bond acceptors (Lipinski definition) is 4. The molecule has 1 aromatic carbocycles. The van der Waals surface area contributed by atoms with Crippen molar-refractivity contribution in [3.8, 4) is 0 Å². The van der Waals surface area contributed by atoms with E-state index < -0.39 is 10.0 Å². The van der Waals surface area contributed by atoms with Crippen LogP contribution in [0.4, 0.5) is 11.4 Å². The molecule has 1 aromatic rings. The fraction of sp³-hybridized carbons (Fsp3) is 0.400. The lowest BCUT2D eigenvalue weighted by Gasteiger charge is -2.07. The van der Waals surface area contributed by atoms with Gasteiger partial charge in [0.05, 0.1) is 12.4 Å². The number of hydrogen-bond donors (Lipinski definition) is 2. The van der Waals surface area contributed by atoms with Crippen molar-refractivity contribution in [1.82, 2.24) is 0 Å². The van der Waals surface area contributed by atoms with Gasteiger partial charge in [0.2, 0.25) is 10.0 Å². The van der Waals surface area contributed by atoms with Crippen LogP contribution in [0.3, 0.4) is 0 Å². The van der Waals surface area contributed by atoms with E-state index in [1.165, 1.54) is 0 Å². The summed E-state index contributed by atoms with van der Waals surface area (Å²) in [5.74, 6) is -0.0504. The Morgan fingerprint density at radius 3 is 2.50 bits per heavy atom. The van der Waals surface area contributed by atoms with Crippen LogP contribution in [-0.4, -0.2) is 27.4 Å². The smallest absolute Gasteiger partial charge is 0.234 e. The first kappa shape index (κ1) is 12.8. The number of rotatable bonds is 6. The summed E-state index contributed by atoms with van der Waals surface area (Å²) in [6.45, 7) is 2.53. The minimum absolute atomic E-state index is 0.0504. The first-order chi connectivity index (χ1) is 7.53. The summed E-state index contributed by atoms with van der Waals surface area (Å²) in [5, 5.41) is 0. The zero-order valence-corrected chi connectivity index (χ0v) is 9.96. The predicted octanol–water partition coefficient (Wildman–Crippen LogP) is 1.05. The van der Waals surface area contributed by atoms with Crippen molar-refractivity contribution in [3.63, 3.8) is 0 Å². The minimum Gasteiger partial charge on any atom is -0.399 e. The zero-order chi connectivity index (χ0) is 12.0. The lowest BCUT2D eigenvalue weighted by atomic mass is 10.3. The molecule has 3 N–H and O–H groups in total. The third kappa shape index (κ3) is 4.50. The molecule has 5 nitrogen and oxygen atoms in total. The van der Waals surface area contributed by atoms with Gasteiger partial charge in [0.25, 0.3) is 0 Å². The van der Waals surface area contributed by atoms with E-state index in [-0.39, 0.29) is 12.4 Å². The quantitative estimate of drug-likeness (QED) is 0.579. The zero-order valence-electron chi connectivity index (χ0n) is 9.14. The van der Waals surface area contributed by atoms with E-state index >= 15 is 0 Å². The number of anilines is 2. The van der Waals surface area contributed by atoms with Crippen LogP contribution in [0, 0.1) is 0 Å². The molecule has 0 fully saturated rings. The Labute approximate surface area is 95.7 Å². The van der Waals surface area contributed by atoms with Gasteiger partial charge in [-0.2, -0.15) is 0 Å². The Kier molecular flexibility index (Phi) is 4.57. The van der Waals surface area contributed by atoms with Gasteiger partial charge >= 0.3 is 0 Å². The molecule has 0 aliphatic heterocycles. The summed E-state index contributed by atoms with van der Waals surface area (Å²) in [6.07, 6.45) is 0. The average Bonchev–Trinajstić information content (AvgIpc) is 2.21. The van der Waals surface area contributed by atoms with E-state index in [1.54, 1.807) is 24.3 Å². The molecule has 90 valence electrons. The summed E-state index contributed by atoms with van der Waals surface area (Å²) in [7, 11) is -3.34. The van der Waals surface area contributed by atoms with Crippen LogP contribution in [0.1, 0.15) is 6.92 Å². The highest BCUT2D eigenvalue weighted by Gasteiger charge is 2.09. The molecule has 0 atom stereocenters. The Balaban J connectivity index is 2.55. The molecule has 0 saturated carbocycles. The second kappa shape index (κ2) is 5.72. The van der Waals surface area contributed by atoms with Gasteiger partial charge in [0.15, 0.2) is 0 Å². The Hall–Kier alpha value is -1.27. The number of ether oxygens (including phenoxy) is 1. The standard InChI is InChI=1S/C10H16N2O3S/c1-2-15-7-8-16(13,14)12-10-5-3-9(11)4-6-10/h3-6,12H,2,7-8,11H2,1H3. The summed E-state index contributed by atoms with van der Waals surface area (Å²) in [6, 6.07) is 6.52. The van der Waals surface area contributed by atoms with Crippen molar-refractivity contribution in [3.05, 3.63) is 24.3 Å². The van der Waals surface area contributed by atoms with Crippen LogP contribution >= 0.6 is 0 Å². The van der Waals surface area contributed by atoms with Crippen molar-refractivity contribution >= 4 is 21.4 Å². The van der Waals surface area contributed by atoms with Gasteiger partial charge in [-0.1, -0.05) is 0 Å². The van der Waals surface area contributed by atoms with E-state index in [0.717, 1.165) is 0 Å².